The first-order valence-corrected chi connectivity index (χ1v) is 6.96. The van der Waals surface area contributed by atoms with Crippen LogP contribution >= 0.6 is 0 Å². The minimum atomic E-state index is 0.679. The first-order chi connectivity index (χ1) is 8.86. The highest BCUT2D eigenvalue weighted by molar-refractivity contribution is 5.90. The molecule has 2 aliphatic rings. The van der Waals surface area contributed by atoms with Crippen LogP contribution in [0, 0.1) is 0 Å². The molecule has 2 aromatic rings. The second-order valence-electron chi connectivity index (χ2n) is 5.74. The highest BCUT2D eigenvalue weighted by atomic mass is 16.1. The summed E-state index contributed by atoms with van der Waals surface area (Å²) >= 11 is 0. The quantitative estimate of drug-likeness (QED) is 0.740. The molecule has 0 N–H and O–H groups in total. The van der Waals surface area contributed by atoms with Gasteiger partial charge in [0, 0.05) is 28.7 Å². The number of aromatic nitrogens is 1. The second-order valence-corrected chi connectivity index (χ2v) is 5.74. The molecule has 1 heterocycles. The fraction of sp³-hybridized carbons (Fsp3) is 0.438. The Bertz CT molecular complexity index is 617. The van der Waals surface area contributed by atoms with Gasteiger partial charge < -0.3 is 4.57 Å². The van der Waals surface area contributed by atoms with Crippen molar-refractivity contribution in [3.63, 3.8) is 0 Å². The van der Waals surface area contributed by atoms with E-state index in [0.29, 0.717) is 12.0 Å². The monoisotopic (exact) mass is 239 g/mol. The lowest BCUT2D eigenvalue weighted by atomic mass is 9.78. The van der Waals surface area contributed by atoms with Crippen LogP contribution in [0.25, 0.3) is 10.9 Å². The number of rotatable bonds is 3. The Hall–Kier alpha value is -1.57. The van der Waals surface area contributed by atoms with E-state index < -0.39 is 0 Å². The van der Waals surface area contributed by atoms with Crippen LogP contribution in [0.2, 0.25) is 0 Å². The van der Waals surface area contributed by atoms with Gasteiger partial charge in [-0.15, -0.1) is 0 Å². The van der Waals surface area contributed by atoms with E-state index in [1.807, 2.05) is 0 Å². The molecule has 0 spiro atoms. The average Bonchev–Trinajstić information content (AvgIpc) is 3.07. The third-order valence-corrected chi connectivity index (χ3v) is 4.51. The van der Waals surface area contributed by atoms with Gasteiger partial charge in [-0.05, 0) is 55.4 Å². The maximum atomic E-state index is 11.1. The molecule has 2 aliphatic carbocycles. The maximum absolute atomic E-state index is 11.1. The van der Waals surface area contributed by atoms with Crippen LogP contribution in [0.4, 0.5) is 0 Å². The number of carbonyl (C=O) groups excluding carboxylic acids is 1. The molecule has 2 fully saturated rings. The van der Waals surface area contributed by atoms with Gasteiger partial charge >= 0.3 is 0 Å². The van der Waals surface area contributed by atoms with Gasteiger partial charge in [0.1, 0.15) is 6.29 Å². The van der Waals surface area contributed by atoms with Gasteiger partial charge in [-0.25, -0.2) is 0 Å². The summed E-state index contributed by atoms with van der Waals surface area (Å²) in [4.78, 5) is 11.1. The van der Waals surface area contributed by atoms with E-state index >= 15 is 0 Å². The number of fused-ring (bicyclic) bond motifs is 1. The van der Waals surface area contributed by atoms with E-state index in [0.717, 1.165) is 11.8 Å². The van der Waals surface area contributed by atoms with Crippen LogP contribution in [0.5, 0.6) is 0 Å². The lowest BCUT2D eigenvalue weighted by Gasteiger charge is -2.27. The Morgan fingerprint density at radius 2 is 2.00 bits per heavy atom. The van der Waals surface area contributed by atoms with E-state index in [9.17, 15) is 4.79 Å². The van der Waals surface area contributed by atoms with Crippen molar-refractivity contribution in [3.8, 4) is 0 Å². The van der Waals surface area contributed by atoms with Crippen molar-refractivity contribution in [2.75, 3.05) is 0 Å². The largest absolute Gasteiger partial charge is 0.344 e. The summed E-state index contributed by atoms with van der Waals surface area (Å²) in [5, 5.41) is 1.37. The number of hydrogen-bond acceptors (Lipinski definition) is 1. The van der Waals surface area contributed by atoms with Gasteiger partial charge in [0.05, 0.1) is 0 Å². The van der Waals surface area contributed by atoms with Crippen LogP contribution in [0.3, 0.4) is 0 Å². The molecule has 0 aliphatic heterocycles. The molecule has 2 nitrogen and oxygen atoms in total. The topological polar surface area (TPSA) is 22.0 Å². The summed E-state index contributed by atoms with van der Waals surface area (Å²) in [6.45, 7) is 0. The molecule has 18 heavy (non-hydrogen) atoms. The van der Waals surface area contributed by atoms with Gasteiger partial charge in [0.15, 0.2) is 0 Å². The van der Waals surface area contributed by atoms with Crippen LogP contribution < -0.4 is 0 Å². The molecular weight excluding hydrogens is 222 g/mol. The molecule has 0 bridgehead atoms. The average molecular weight is 239 g/mol. The normalized spacial score (nSPS) is 20.0. The maximum Gasteiger partial charge on any atom is 0.150 e. The number of benzene rings is 1. The molecule has 0 unspecified atom stereocenters. The van der Waals surface area contributed by atoms with Crippen molar-refractivity contribution in [2.45, 2.75) is 44.1 Å². The minimum Gasteiger partial charge on any atom is -0.344 e. The van der Waals surface area contributed by atoms with E-state index in [2.05, 4.69) is 29.0 Å². The van der Waals surface area contributed by atoms with E-state index in [1.165, 1.54) is 48.6 Å². The second kappa shape index (κ2) is 3.71. The Labute approximate surface area is 107 Å². The predicted molar refractivity (Wildman–Crippen MR) is 72.2 cm³/mol. The Kier molecular flexibility index (Phi) is 2.14. The smallest absolute Gasteiger partial charge is 0.150 e. The zero-order valence-electron chi connectivity index (χ0n) is 10.4. The number of hydrogen-bond donors (Lipinski definition) is 0. The summed E-state index contributed by atoms with van der Waals surface area (Å²) in [5.41, 5.74) is 3.51. The van der Waals surface area contributed by atoms with Crippen molar-refractivity contribution in [1.82, 2.24) is 4.57 Å². The van der Waals surface area contributed by atoms with Crippen LogP contribution in [0.15, 0.2) is 24.4 Å². The zero-order chi connectivity index (χ0) is 12.1. The summed E-state index contributed by atoms with van der Waals surface area (Å²) in [6, 6.07) is 7.09. The van der Waals surface area contributed by atoms with Gasteiger partial charge in [-0.3, -0.25) is 4.79 Å². The third-order valence-electron chi connectivity index (χ3n) is 4.51. The van der Waals surface area contributed by atoms with Crippen molar-refractivity contribution in [3.05, 3.63) is 35.5 Å². The zero-order valence-corrected chi connectivity index (χ0v) is 10.4. The Balaban J connectivity index is 1.94. The predicted octanol–water partition coefficient (Wildman–Crippen LogP) is 4.06. The molecule has 2 heteroatoms. The first kappa shape index (κ1) is 10.4. The molecular formula is C16H17NO. The molecule has 0 saturated heterocycles. The SMILES string of the molecule is O=Cc1cc(C2CCC2)c2ccn(C3CC3)c2c1. The van der Waals surface area contributed by atoms with E-state index in [-0.39, 0.29) is 0 Å². The molecule has 0 radical (unpaired) electrons. The summed E-state index contributed by atoms with van der Waals surface area (Å²) < 4.78 is 2.37. The Morgan fingerprint density at radius 1 is 1.17 bits per heavy atom. The highest BCUT2D eigenvalue weighted by Crippen LogP contribution is 2.43. The van der Waals surface area contributed by atoms with Gasteiger partial charge in [0.25, 0.3) is 0 Å². The number of aldehydes is 1. The number of nitrogens with zero attached hydrogens (tertiary/aromatic N) is 1. The lowest BCUT2D eigenvalue weighted by Crippen LogP contribution is -2.09. The van der Waals surface area contributed by atoms with Crippen LogP contribution in [0.1, 0.15) is 60.0 Å². The molecule has 0 atom stereocenters. The standard InChI is InChI=1S/C16H17NO/c18-10-11-8-15(12-2-1-3-12)14-6-7-17(13-4-5-13)16(14)9-11/h6-10,12-13H,1-5H2. The van der Waals surface area contributed by atoms with Crippen molar-refractivity contribution in [2.24, 2.45) is 0 Å². The van der Waals surface area contributed by atoms with Crippen molar-refractivity contribution < 1.29 is 4.79 Å². The van der Waals surface area contributed by atoms with Gasteiger partial charge in [-0.2, -0.15) is 0 Å². The molecule has 0 amide bonds. The van der Waals surface area contributed by atoms with Gasteiger partial charge in [0.2, 0.25) is 0 Å². The summed E-state index contributed by atoms with van der Waals surface area (Å²) in [7, 11) is 0. The van der Waals surface area contributed by atoms with E-state index in [1.54, 1.807) is 0 Å². The van der Waals surface area contributed by atoms with E-state index in [4.69, 9.17) is 0 Å². The first-order valence-electron chi connectivity index (χ1n) is 6.96. The van der Waals surface area contributed by atoms with Crippen LogP contribution in [-0.2, 0) is 0 Å². The Morgan fingerprint density at radius 3 is 2.61 bits per heavy atom. The van der Waals surface area contributed by atoms with Crippen molar-refractivity contribution in [1.29, 1.82) is 0 Å². The third kappa shape index (κ3) is 1.45. The minimum absolute atomic E-state index is 0.679. The molecule has 2 saturated carbocycles. The fourth-order valence-corrected chi connectivity index (χ4v) is 3.11. The lowest BCUT2D eigenvalue weighted by molar-refractivity contribution is 0.112. The molecule has 1 aromatic heterocycles. The molecule has 92 valence electrons. The van der Waals surface area contributed by atoms with Crippen molar-refractivity contribution >= 4 is 17.2 Å². The van der Waals surface area contributed by atoms with Gasteiger partial charge in [-0.1, -0.05) is 6.42 Å². The highest BCUT2D eigenvalue weighted by Gasteiger charge is 2.27. The molecule has 1 aromatic carbocycles. The number of carbonyl (C=O) groups is 1. The molecule has 4 rings (SSSR count). The fourth-order valence-electron chi connectivity index (χ4n) is 3.11. The summed E-state index contributed by atoms with van der Waals surface area (Å²) in [6.07, 6.45) is 9.67. The summed E-state index contributed by atoms with van der Waals surface area (Å²) in [5.74, 6) is 0.683. The van der Waals surface area contributed by atoms with Crippen LogP contribution in [-0.4, -0.2) is 10.9 Å².